The van der Waals surface area contributed by atoms with Gasteiger partial charge in [-0.15, -0.1) is 0 Å². The number of aliphatic hydroxyl groups is 1. The van der Waals surface area contributed by atoms with E-state index in [-0.39, 0.29) is 49.4 Å². The second-order valence-electron chi connectivity index (χ2n) is 7.92. The Labute approximate surface area is 184 Å². The molecule has 32 heavy (non-hydrogen) atoms. The van der Waals surface area contributed by atoms with Gasteiger partial charge in [-0.25, -0.2) is 13.2 Å². The molecule has 2 aromatic rings. The van der Waals surface area contributed by atoms with Crippen molar-refractivity contribution in [3.05, 3.63) is 65.2 Å². The fourth-order valence-corrected chi connectivity index (χ4v) is 5.61. The lowest BCUT2D eigenvalue weighted by atomic mass is 9.75. The Balaban J connectivity index is 1.79. The summed E-state index contributed by atoms with van der Waals surface area (Å²) in [5.41, 5.74) is -1.14. The third kappa shape index (κ3) is 4.97. The molecule has 1 heterocycles. The van der Waals surface area contributed by atoms with Gasteiger partial charge in [0.25, 0.3) is 0 Å². The zero-order valence-electron chi connectivity index (χ0n) is 17.4. The van der Waals surface area contributed by atoms with Crippen molar-refractivity contribution in [2.45, 2.75) is 30.3 Å². The molecule has 174 valence electrons. The fourth-order valence-electron chi connectivity index (χ4n) is 3.99. The Morgan fingerprint density at radius 1 is 1.12 bits per heavy atom. The van der Waals surface area contributed by atoms with Gasteiger partial charge in [-0.2, -0.15) is 17.5 Å². The number of alkyl halides is 3. The molecule has 0 bridgehead atoms. The lowest BCUT2D eigenvalue weighted by Crippen LogP contribution is -2.45. The Kier molecular flexibility index (Phi) is 6.97. The molecule has 6 nitrogen and oxygen atoms in total. The van der Waals surface area contributed by atoms with Gasteiger partial charge in [-0.05, 0) is 48.4 Å². The Hall–Kier alpha value is -2.43. The van der Waals surface area contributed by atoms with Crippen LogP contribution in [0.5, 0.6) is 0 Å². The molecule has 0 unspecified atom stereocenters. The molecule has 1 saturated heterocycles. The number of hydrogen-bond donors (Lipinski definition) is 1. The van der Waals surface area contributed by atoms with Gasteiger partial charge in [0.1, 0.15) is 0 Å². The van der Waals surface area contributed by atoms with Crippen molar-refractivity contribution in [1.29, 1.82) is 0 Å². The number of ether oxygens (including phenoxy) is 1. The highest BCUT2D eigenvalue weighted by molar-refractivity contribution is 7.89. The molecule has 1 aliphatic heterocycles. The Morgan fingerprint density at radius 3 is 2.38 bits per heavy atom. The molecule has 2 aromatic carbocycles. The van der Waals surface area contributed by atoms with E-state index in [0.29, 0.717) is 5.56 Å². The van der Waals surface area contributed by atoms with Gasteiger partial charge in [0.05, 0.1) is 23.1 Å². The number of piperidine rings is 1. The Morgan fingerprint density at radius 2 is 1.78 bits per heavy atom. The minimum Gasteiger partial charge on any atom is -0.465 e. The maximum atomic E-state index is 13.2. The van der Waals surface area contributed by atoms with Crippen LogP contribution in [0.15, 0.2) is 53.4 Å². The maximum absolute atomic E-state index is 13.2. The van der Waals surface area contributed by atoms with Crippen LogP contribution in [-0.2, 0) is 27.4 Å². The van der Waals surface area contributed by atoms with Crippen LogP contribution < -0.4 is 0 Å². The summed E-state index contributed by atoms with van der Waals surface area (Å²) in [5.74, 6) is -0.768. The summed E-state index contributed by atoms with van der Waals surface area (Å²) in [6.07, 6.45) is -3.74. The minimum absolute atomic E-state index is 0.0668. The van der Waals surface area contributed by atoms with Crippen molar-refractivity contribution in [3.8, 4) is 0 Å². The second kappa shape index (κ2) is 9.21. The van der Waals surface area contributed by atoms with E-state index in [0.717, 1.165) is 19.2 Å². The molecule has 10 heteroatoms. The number of esters is 1. The van der Waals surface area contributed by atoms with Crippen LogP contribution >= 0.6 is 0 Å². The first-order chi connectivity index (χ1) is 15.0. The van der Waals surface area contributed by atoms with E-state index in [1.54, 1.807) is 6.07 Å². The normalized spacial score (nSPS) is 17.2. The molecule has 0 radical (unpaired) electrons. The summed E-state index contributed by atoms with van der Waals surface area (Å²) in [6, 6.07) is 10.7. The van der Waals surface area contributed by atoms with Gasteiger partial charge in [0.15, 0.2) is 0 Å². The van der Waals surface area contributed by atoms with Gasteiger partial charge in [-0.3, -0.25) is 0 Å². The lowest BCUT2D eigenvalue weighted by Gasteiger charge is -2.40. The third-order valence-corrected chi connectivity index (χ3v) is 7.82. The number of rotatable bonds is 6. The molecule has 0 spiro atoms. The molecule has 1 N–H and O–H groups in total. The summed E-state index contributed by atoms with van der Waals surface area (Å²) < 4.78 is 71.3. The summed E-state index contributed by atoms with van der Waals surface area (Å²) in [7, 11) is -2.84. The number of methoxy groups -OCH3 is 1. The molecule has 1 aliphatic rings. The van der Waals surface area contributed by atoms with Crippen LogP contribution in [0.4, 0.5) is 13.2 Å². The van der Waals surface area contributed by atoms with E-state index < -0.39 is 33.1 Å². The topological polar surface area (TPSA) is 83.9 Å². The third-order valence-electron chi connectivity index (χ3n) is 5.86. The largest absolute Gasteiger partial charge is 0.465 e. The number of aliphatic hydroxyl groups excluding tert-OH is 1. The molecule has 0 amide bonds. The lowest BCUT2D eigenvalue weighted by molar-refractivity contribution is -0.137. The molecular formula is C22H24F3NO5S. The van der Waals surface area contributed by atoms with E-state index >= 15 is 0 Å². The Bertz CT molecular complexity index is 1080. The number of sulfonamides is 1. The van der Waals surface area contributed by atoms with Crippen LogP contribution in [0.25, 0.3) is 0 Å². The highest BCUT2D eigenvalue weighted by atomic mass is 32.2. The van der Waals surface area contributed by atoms with E-state index in [4.69, 9.17) is 0 Å². The van der Waals surface area contributed by atoms with Crippen LogP contribution in [0.1, 0.15) is 34.3 Å². The number of carbonyl (C=O) groups is 1. The average molecular weight is 471 g/mol. The van der Waals surface area contributed by atoms with Gasteiger partial charge in [0, 0.05) is 19.7 Å². The standard InChI is InChI=1S/C22H24F3NO5S/c1-31-20(28)18-7-2-3-8-19(18)32(29,30)26-11-9-21(15-27,10-12-26)14-16-5-4-6-17(13-16)22(23,24)25/h2-8,13,27H,9-12,14-15H2,1H3. The summed E-state index contributed by atoms with van der Waals surface area (Å²) in [5, 5.41) is 10.0. The van der Waals surface area contributed by atoms with Gasteiger partial charge < -0.3 is 9.84 Å². The molecule has 3 rings (SSSR count). The zero-order valence-corrected chi connectivity index (χ0v) is 18.2. The molecule has 1 fully saturated rings. The van der Waals surface area contributed by atoms with E-state index in [2.05, 4.69) is 4.74 Å². The predicted octanol–water partition coefficient (Wildman–Crippen LogP) is 3.50. The monoisotopic (exact) mass is 471 g/mol. The zero-order chi connectivity index (χ0) is 23.6. The quantitative estimate of drug-likeness (QED) is 0.652. The average Bonchev–Trinajstić information content (AvgIpc) is 2.78. The van der Waals surface area contributed by atoms with E-state index in [1.807, 2.05) is 0 Å². The number of benzene rings is 2. The smallest absolute Gasteiger partial charge is 0.416 e. The van der Waals surface area contributed by atoms with Crippen molar-refractivity contribution in [2.75, 3.05) is 26.8 Å². The van der Waals surface area contributed by atoms with Crippen LogP contribution in [0.2, 0.25) is 0 Å². The predicted molar refractivity (Wildman–Crippen MR) is 110 cm³/mol. The molecular weight excluding hydrogens is 447 g/mol. The highest BCUT2D eigenvalue weighted by Crippen LogP contribution is 2.38. The van der Waals surface area contributed by atoms with Crippen molar-refractivity contribution >= 4 is 16.0 Å². The van der Waals surface area contributed by atoms with Crippen molar-refractivity contribution in [3.63, 3.8) is 0 Å². The SMILES string of the molecule is COC(=O)c1ccccc1S(=O)(=O)N1CCC(CO)(Cc2cccc(C(F)(F)F)c2)CC1. The maximum Gasteiger partial charge on any atom is 0.416 e. The summed E-state index contributed by atoms with van der Waals surface area (Å²) >= 11 is 0. The number of hydrogen-bond acceptors (Lipinski definition) is 5. The van der Waals surface area contributed by atoms with Crippen molar-refractivity contribution < 1.29 is 36.2 Å². The number of carbonyl (C=O) groups excluding carboxylic acids is 1. The molecule has 0 atom stereocenters. The first kappa shape index (κ1) is 24.2. The van der Waals surface area contributed by atoms with E-state index in [9.17, 15) is 31.5 Å². The number of halogens is 3. The van der Waals surface area contributed by atoms with Crippen LogP contribution in [-0.4, -0.2) is 50.6 Å². The molecule has 0 saturated carbocycles. The fraction of sp³-hybridized carbons (Fsp3) is 0.409. The molecule has 0 aliphatic carbocycles. The minimum atomic E-state index is -4.47. The second-order valence-corrected chi connectivity index (χ2v) is 9.83. The summed E-state index contributed by atoms with van der Waals surface area (Å²) in [6.45, 7) is -0.148. The van der Waals surface area contributed by atoms with E-state index in [1.165, 1.54) is 34.6 Å². The molecule has 0 aromatic heterocycles. The van der Waals surface area contributed by atoms with Gasteiger partial charge in [-0.1, -0.05) is 30.3 Å². The first-order valence-electron chi connectivity index (χ1n) is 9.97. The van der Waals surface area contributed by atoms with Crippen molar-refractivity contribution in [2.24, 2.45) is 5.41 Å². The van der Waals surface area contributed by atoms with Crippen LogP contribution in [0.3, 0.4) is 0 Å². The summed E-state index contributed by atoms with van der Waals surface area (Å²) in [4.78, 5) is 11.8. The highest BCUT2D eigenvalue weighted by Gasteiger charge is 2.40. The van der Waals surface area contributed by atoms with Crippen LogP contribution in [0, 0.1) is 5.41 Å². The first-order valence-corrected chi connectivity index (χ1v) is 11.4. The number of nitrogens with zero attached hydrogens (tertiary/aromatic N) is 1. The van der Waals surface area contributed by atoms with Crippen molar-refractivity contribution in [1.82, 2.24) is 4.31 Å². The van der Waals surface area contributed by atoms with Gasteiger partial charge >= 0.3 is 12.1 Å². The van der Waals surface area contributed by atoms with Gasteiger partial charge in [0.2, 0.25) is 10.0 Å².